The molecule has 2 aromatic rings. The Hall–Kier alpha value is -3.02. The van der Waals surface area contributed by atoms with Crippen molar-refractivity contribution < 1.29 is 19.1 Å². The topological polar surface area (TPSA) is 76.7 Å². The molecule has 2 amide bonds. The molecule has 1 heterocycles. The Morgan fingerprint density at radius 2 is 1.58 bits per heavy atom. The molecule has 2 N–H and O–H groups in total. The summed E-state index contributed by atoms with van der Waals surface area (Å²) in [7, 11) is 0. The second-order valence-electron chi connectivity index (χ2n) is 5.59. The van der Waals surface area contributed by atoms with Gasteiger partial charge in [0.05, 0.1) is 0 Å². The Morgan fingerprint density at radius 1 is 0.875 bits per heavy atom. The van der Waals surface area contributed by atoms with E-state index in [2.05, 4.69) is 10.6 Å². The van der Waals surface area contributed by atoms with Gasteiger partial charge in [-0.1, -0.05) is 17.7 Å². The third-order valence-corrected chi connectivity index (χ3v) is 3.64. The number of carbonyl (C=O) groups is 2. The molecule has 24 heavy (non-hydrogen) atoms. The summed E-state index contributed by atoms with van der Waals surface area (Å²) >= 11 is 0. The number of benzene rings is 2. The first-order chi connectivity index (χ1) is 11.5. The number of fused-ring (bicyclic) bond motifs is 1. The van der Waals surface area contributed by atoms with E-state index in [1.54, 1.807) is 24.3 Å². The maximum absolute atomic E-state index is 12.1. The van der Waals surface area contributed by atoms with Crippen molar-refractivity contribution in [1.29, 1.82) is 0 Å². The first-order valence-electron chi connectivity index (χ1n) is 7.62. The van der Waals surface area contributed by atoms with E-state index in [0.717, 1.165) is 11.1 Å². The maximum Gasteiger partial charge on any atom is 0.314 e. The maximum atomic E-state index is 12.1. The van der Waals surface area contributed by atoms with Crippen molar-refractivity contribution in [3.63, 3.8) is 0 Å². The molecule has 6 heteroatoms. The molecular weight excluding hydrogens is 308 g/mol. The molecule has 0 saturated heterocycles. The van der Waals surface area contributed by atoms with Gasteiger partial charge >= 0.3 is 11.8 Å². The lowest BCUT2D eigenvalue weighted by atomic mass is 10.1. The first-order valence-corrected chi connectivity index (χ1v) is 7.62. The van der Waals surface area contributed by atoms with Crippen molar-refractivity contribution in [3.05, 3.63) is 47.5 Å². The first kappa shape index (κ1) is 15.9. The molecule has 1 aliphatic heterocycles. The van der Waals surface area contributed by atoms with Crippen LogP contribution in [0.15, 0.2) is 36.4 Å². The molecule has 0 radical (unpaired) electrons. The zero-order valence-corrected chi connectivity index (χ0v) is 13.5. The molecule has 3 rings (SSSR count). The summed E-state index contributed by atoms with van der Waals surface area (Å²) in [6.07, 6.45) is 0. The van der Waals surface area contributed by atoms with E-state index in [1.807, 2.05) is 26.0 Å². The molecule has 2 aromatic carbocycles. The molecule has 0 aliphatic carbocycles. The Kier molecular flexibility index (Phi) is 4.37. The van der Waals surface area contributed by atoms with Gasteiger partial charge in [0.1, 0.15) is 13.2 Å². The fourth-order valence-corrected chi connectivity index (χ4v) is 2.44. The van der Waals surface area contributed by atoms with Crippen LogP contribution in [0, 0.1) is 13.8 Å². The van der Waals surface area contributed by atoms with Gasteiger partial charge in [-0.05, 0) is 37.6 Å². The number of hydrogen-bond acceptors (Lipinski definition) is 4. The Morgan fingerprint density at radius 3 is 2.33 bits per heavy atom. The average molecular weight is 326 g/mol. The summed E-state index contributed by atoms with van der Waals surface area (Å²) in [5, 5.41) is 5.17. The third-order valence-electron chi connectivity index (χ3n) is 3.64. The zero-order chi connectivity index (χ0) is 17.1. The van der Waals surface area contributed by atoms with Gasteiger partial charge in [0.15, 0.2) is 11.5 Å². The molecule has 0 unspecified atom stereocenters. The SMILES string of the molecule is Cc1ccc(NC(=O)C(=O)Nc2ccc3c(c2)OCCO3)c(C)c1. The highest BCUT2D eigenvalue weighted by Gasteiger charge is 2.17. The molecule has 124 valence electrons. The van der Waals surface area contributed by atoms with E-state index >= 15 is 0 Å². The van der Waals surface area contributed by atoms with E-state index in [9.17, 15) is 9.59 Å². The molecule has 0 atom stereocenters. The minimum atomic E-state index is -0.744. The molecule has 1 aliphatic rings. The van der Waals surface area contributed by atoms with E-state index in [1.165, 1.54) is 0 Å². The van der Waals surface area contributed by atoms with Crippen molar-refractivity contribution >= 4 is 23.2 Å². The largest absolute Gasteiger partial charge is 0.486 e. The lowest BCUT2D eigenvalue weighted by Crippen LogP contribution is -2.29. The van der Waals surface area contributed by atoms with Gasteiger partial charge in [0.2, 0.25) is 0 Å². The highest BCUT2D eigenvalue weighted by atomic mass is 16.6. The lowest BCUT2D eigenvalue weighted by molar-refractivity contribution is -0.133. The van der Waals surface area contributed by atoms with Gasteiger partial charge in [-0.3, -0.25) is 9.59 Å². The summed E-state index contributed by atoms with van der Waals surface area (Å²) < 4.78 is 10.9. The molecule has 0 aromatic heterocycles. The highest BCUT2D eigenvalue weighted by molar-refractivity contribution is 6.43. The Balaban J connectivity index is 1.67. The summed E-state index contributed by atoms with van der Waals surface area (Å²) in [6.45, 7) is 4.79. The van der Waals surface area contributed by atoms with Crippen LogP contribution in [-0.2, 0) is 9.59 Å². The molecule has 0 fully saturated rings. The smallest absolute Gasteiger partial charge is 0.314 e. The predicted octanol–water partition coefficient (Wildman–Crippen LogP) is 2.65. The number of anilines is 2. The number of ether oxygens (including phenoxy) is 2. The summed E-state index contributed by atoms with van der Waals surface area (Å²) in [4.78, 5) is 24.1. The summed E-state index contributed by atoms with van der Waals surface area (Å²) in [5.41, 5.74) is 3.07. The van der Waals surface area contributed by atoms with Crippen LogP contribution < -0.4 is 20.1 Å². The van der Waals surface area contributed by atoms with Crippen molar-refractivity contribution in [2.45, 2.75) is 13.8 Å². The quantitative estimate of drug-likeness (QED) is 0.832. The van der Waals surface area contributed by atoms with Gasteiger partial charge in [-0.25, -0.2) is 0 Å². The van der Waals surface area contributed by atoms with Crippen LogP contribution >= 0.6 is 0 Å². The molecule has 6 nitrogen and oxygen atoms in total. The molecular formula is C18H18N2O4. The molecule has 0 bridgehead atoms. The number of rotatable bonds is 2. The van der Waals surface area contributed by atoms with Gasteiger partial charge in [-0.15, -0.1) is 0 Å². The summed E-state index contributed by atoms with van der Waals surface area (Å²) in [5.74, 6) is -0.295. The van der Waals surface area contributed by atoms with Gasteiger partial charge in [0, 0.05) is 17.4 Å². The van der Waals surface area contributed by atoms with Crippen LogP contribution in [0.5, 0.6) is 11.5 Å². The minimum Gasteiger partial charge on any atom is -0.486 e. The van der Waals surface area contributed by atoms with Gasteiger partial charge in [-0.2, -0.15) is 0 Å². The highest BCUT2D eigenvalue weighted by Crippen LogP contribution is 2.32. The van der Waals surface area contributed by atoms with Crippen LogP contribution in [0.25, 0.3) is 0 Å². The minimum absolute atomic E-state index is 0.456. The van der Waals surface area contributed by atoms with Crippen LogP contribution in [0.1, 0.15) is 11.1 Å². The fraction of sp³-hybridized carbons (Fsp3) is 0.222. The number of nitrogens with one attached hydrogen (secondary N) is 2. The van der Waals surface area contributed by atoms with Gasteiger partial charge in [0.25, 0.3) is 0 Å². The Bertz CT molecular complexity index is 802. The average Bonchev–Trinajstić information content (AvgIpc) is 2.57. The third kappa shape index (κ3) is 3.48. The van der Waals surface area contributed by atoms with Crippen LogP contribution in [0.3, 0.4) is 0 Å². The van der Waals surface area contributed by atoms with E-state index in [4.69, 9.17) is 9.47 Å². The predicted molar refractivity (Wildman–Crippen MR) is 90.6 cm³/mol. The molecule has 0 saturated carbocycles. The van der Waals surface area contributed by atoms with E-state index < -0.39 is 11.8 Å². The van der Waals surface area contributed by atoms with E-state index in [-0.39, 0.29) is 0 Å². The van der Waals surface area contributed by atoms with Crippen molar-refractivity contribution in [2.24, 2.45) is 0 Å². The van der Waals surface area contributed by atoms with Crippen LogP contribution in [0.4, 0.5) is 11.4 Å². The normalized spacial score (nSPS) is 12.4. The number of hydrogen-bond donors (Lipinski definition) is 2. The van der Waals surface area contributed by atoms with Crippen LogP contribution in [0.2, 0.25) is 0 Å². The number of amides is 2. The van der Waals surface area contributed by atoms with Crippen molar-refractivity contribution in [1.82, 2.24) is 0 Å². The van der Waals surface area contributed by atoms with Crippen molar-refractivity contribution in [3.8, 4) is 11.5 Å². The standard InChI is InChI=1S/C18H18N2O4/c1-11-3-5-14(12(2)9-11)20-18(22)17(21)19-13-4-6-15-16(10-13)24-8-7-23-15/h3-6,9-10H,7-8H2,1-2H3,(H,19,21)(H,20,22). The summed E-state index contributed by atoms with van der Waals surface area (Å²) in [6, 6.07) is 10.6. The van der Waals surface area contributed by atoms with Crippen LogP contribution in [-0.4, -0.2) is 25.0 Å². The molecule has 0 spiro atoms. The lowest BCUT2D eigenvalue weighted by Gasteiger charge is -2.19. The number of aryl methyl sites for hydroxylation is 2. The second-order valence-corrected chi connectivity index (χ2v) is 5.59. The second kappa shape index (κ2) is 6.62. The van der Waals surface area contributed by atoms with E-state index in [0.29, 0.717) is 36.1 Å². The number of carbonyl (C=O) groups excluding carboxylic acids is 2. The van der Waals surface area contributed by atoms with Gasteiger partial charge < -0.3 is 20.1 Å². The Labute approximate surface area is 139 Å². The fourth-order valence-electron chi connectivity index (χ4n) is 2.44. The van der Waals surface area contributed by atoms with Crippen molar-refractivity contribution in [2.75, 3.05) is 23.8 Å². The zero-order valence-electron chi connectivity index (χ0n) is 13.5. The monoisotopic (exact) mass is 326 g/mol.